The van der Waals surface area contributed by atoms with Crippen LogP contribution in [0.1, 0.15) is 19.8 Å². The molecule has 1 unspecified atom stereocenters. The van der Waals surface area contributed by atoms with Crippen LogP contribution in [0, 0.1) is 0 Å². The zero-order valence-electron chi connectivity index (χ0n) is 7.51. The van der Waals surface area contributed by atoms with Gasteiger partial charge in [0.05, 0.1) is 6.10 Å². The molecule has 0 heterocycles. The van der Waals surface area contributed by atoms with Gasteiger partial charge in [0.15, 0.2) is 0 Å². The fourth-order valence-corrected chi connectivity index (χ4v) is 0.806. The fourth-order valence-electron chi connectivity index (χ4n) is 0.806. The average Bonchev–Trinajstić information content (AvgIpc) is 1.99. The second-order valence-corrected chi connectivity index (χ2v) is 2.61. The zero-order chi connectivity index (χ0) is 8.53. The van der Waals surface area contributed by atoms with Crippen molar-refractivity contribution < 1.29 is 9.47 Å². The predicted molar refractivity (Wildman–Crippen MR) is 45.6 cm³/mol. The molecule has 11 heavy (non-hydrogen) atoms. The molecule has 0 aliphatic heterocycles. The van der Waals surface area contributed by atoms with Gasteiger partial charge in [-0.2, -0.15) is 0 Å². The van der Waals surface area contributed by atoms with Crippen molar-refractivity contribution >= 4 is 0 Å². The lowest BCUT2D eigenvalue weighted by atomic mass is 10.3. The van der Waals surface area contributed by atoms with E-state index in [1.54, 1.807) is 7.11 Å². The third-order valence-electron chi connectivity index (χ3n) is 1.47. The van der Waals surface area contributed by atoms with Gasteiger partial charge in [-0.25, -0.2) is 0 Å². The topological polar surface area (TPSA) is 44.5 Å². The van der Waals surface area contributed by atoms with Crippen molar-refractivity contribution in [1.82, 2.24) is 0 Å². The Labute approximate surface area is 68.9 Å². The Morgan fingerprint density at radius 2 is 2.09 bits per heavy atom. The minimum absolute atomic E-state index is 0.289. The summed E-state index contributed by atoms with van der Waals surface area (Å²) in [6, 6.07) is 0. The third-order valence-corrected chi connectivity index (χ3v) is 1.47. The van der Waals surface area contributed by atoms with Gasteiger partial charge >= 0.3 is 0 Å². The third kappa shape index (κ3) is 7.78. The van der Waals surface area contributed by atoms with E-state index in [2.05, 4.69) is 0 Å². The number of hydrogen-bond acceptors (Lipinski definition) is 3. The molecule has 3 heteroatoms. The zero-order valence-corrected chi connectivity index (χ0v) is 7.51. The first kappa shape index (κ1) is 10.9. The second kappa shape index (κ2) is 7.98. The Hall–Kier alpha value is -0.120. The van der Waals surface area contributed by atoms with Gasteiger partial charge < -0.3 is 15.2 Å². The SMILES string of the molecule is COCCCOC(C)CCN. The predicted octanol–water partition coefficient (Wildman–Crippen LogP) is 0.777. The number of rotatable bonds is 7. The lowest BCUT2D eigenvalue weighted by Gasteiger charge is -2.10. The second-order valence-electron chi connectivity index (χ2n) is 2.61. The van der Waals surface area contributed by atoms with Gasteiger partial charge in [0.2, 0.25) is 0 Å². The average molecular weight is 161 g/mol. The van der Waals surface area contributed by atoms with Crippen LogP contribution in [-0.2, 0) is 9.47 Å². The largest absolute Gasteiger partial charge is 0.385 e. The van der Waals surface area contributed by atoms with E-state index in [0.29, 0.717) is 6.54 Å². The van der Waals surface area contributed by atoms with Crippen LogP contribution in [0.25, 0.3) is 0 Å². The van der Waals surface area contributed by atoms with Crippen molar-refractivity contribution in [3.05, 3.63) is 0 Å². The molecule has 0 aromatic carbocycles. The molecule has 0 bridgehead atoms. The van der Waals surface area contributed by atoms with E-state index < -0.39 is 0 Å². The molecule has 3 nitrogen and oxygen atoms in total. The first-order valence-corrected chi connectivity index (χ1v) is 4.12. The summed E-state index contributed by atoms with van der Waals surface area (Å²) in [5.74, 6) is 0. The maximum Gasteiger partial charge on any atom is 0.0559 e. The van der Waals surface area contributed by atoms with Gasteiger partial charge in [-0.1, -0.05) is 0 Å². The quantitative estimate of drug-likeness (QED) is 0.561. The molecule has 0 aliphatic carbocycles. The van der Waals surface area contributed by atoms with Crippen LogP contribution >= 0.6 is 0 Å². The highest BCUT2D eigenvalue weighted by atomic mass is 16.5. The van der Waals surface area contributed by atoms with Gasteiger partial charge in [-0.15, -0.1) is 0 Å². The van der Waals surface area contributed by atoms with Crippen molar-refractivity contribution in [3.63, 3.8) is 0 Å². The van der Waals surface area contributed by atoms with Gasteiger partial charge in [0, 0.05) is 20.3 Å². The summed E-state index contributed by atoms with van der Waals surface area (Å²) < 4.78 is 10.3. The van der Waals surface area contributed by atoms with Crippen LogP contribution in [0.4, 0.5) is 0 Å². The van der Waals surface area contributed by atoms with Crippen molar-refractivity contribution in [2.24, 2.45) is 5.73 Å². The van der Waals surface area contributed by atoms with Crippen LogP contribution < -0.4 is 5.73 Å². The Kier molecular flexibility index (Phi) is 7.89. The Morgan fingerprint density at radius 1 is 1.36 bits per heavy atom. The number of methoxy groups -OCH3 is 1. The van der Waals surface area contributed by atoms with E-state index in [9.17, 15) is 0 Å². The number of nitrogens with two attached hydrogens (primary N) is 1. The van der Waals surface area contributed by atoms with Crippen molar-refractivity contribution in [2.45, 2.75) is 25.9 Å². The normalized spacial score (nSPS) is 13.4. The highest BCUT2D eigenvalue weighted by Crippen LogP contribution is 1.96. The van der Waals surface area contributed by atoms with Gasteiger partial charge in [-0.05, 0) is 26.3 Å². The molecular formula is C8H19NO2. The summed E-state index contributed by atoms with van der Waals surface area (Å²) in [5.41, 5.74) is 5.36. The van der Waals surface area contributed by atoms with Crippen LogP contribution in [0.5, 0.6) is 0 Å². The van der Waals surface area contributed by atoms with Crippen LogP contribution in [0.3, 0.4) is 0 Å². The molecular weight excluding hydrogens is 142 g/mol. The lowest BCUT2D eigenvalue weighted by Crippen LogP contribution is -2.15. The molecule has 0 rings (SSSR count). The smallest absolute Gasteiger partial charge is 0.0559 e. The summed E-state index contributed by atoms with van der Waals surface area (Å²) in [6.45, 7) is 4.29. The highest BCUT2D eigenvalue weighted by Gasteiger charge is 1.98. The van der Waals surface area contributed by atoms with Crippen LogP contribution in [0.2, 0.25) is 0 Å². The number of ether oxygens (including phenoxy) is 2. The lowest BCUT2D eigenvalue weighted by molar-refractivity contribution is 0.0471. The molecule has 0 aromatic heterocycles. The Balaban J connectivity index is 2.97. The molecule has 0 fully saturated rings. The monoisotopic (exact) mass is 161 g/mol. The summed E-state index contributed by atoms with van der Waals surface area (Å²) in [7, 11) is 1.70. The van der Waals surface area contributed by atoms with Crippen molar-refractivity contribution in [1.29, 1.82) is 0 Å². The van der Waals surface area contributed by atoms with E-state index in [-0.39, 0.29) is 6.10 Å². The minimum Gasteiger partial charge on any atom is -0.385 e. The maximum absolute atomic E-state index is 5.42. The molecule has 68 valence electrons. The standard InChI is InChI=1S/C8H19NO2/c1-8(4-5-9)11-7-3-6-10-2/h8H,3-7,9H2,1-2H3. The first-order valence-electron chi connectivity index (χ1n) is 4.12. The highest BCUT2D eigenvalue weighted by molar-refractivity contribution is 4.49. The fraction of sp³-hybridized carbons (Fsp3) is 1.00. The Bertz CT molecular complexity index is 78.5. The summed E-state index contributed by atoms with van der Waals surface area (Å²) >= 11 is 0. The van der Waals surface area contributed by atoms with Gasteiger partial charge in [-0.3, -0.25) is 0 Å². The molecule has 0 radical (unpaired) electrons. The Morgan fingerprint density at radius 3 is 2.64 bits per heavy atom. The molecule has 0 spiro atoms. The van der Waals surface area contributed by atoms with E-state index in [1.165, 1.54) is 0 Å². The molecule has 2 N–H and O–H groups in total. The summed E-state index contributed by atoms with van der Waals surface area (Å²) in [6.07, 6.45) is 2.19. The van der Waals surface area contributed by atoms with Crippen LogP contribution in [-0.4, -0.2) is 33.0 Å². The van der Waals surface area contributed by atoms with E-state index in [1.807, 2.05) is 6.92 Å². The van der Waals surface area contributed by atoms with Crippen molar-refractivity contribution in [3.8, 4) is 0 Å². The van der Waals surface area contributed by atoms with Crippen molar-refractivity contribution in [2.75, 3.05) is 26.9 Å². The maximum atomic E-state index is 5.42. The first-order chi connectivity index (χ1) is 5.31. The number of hydrogen-bond donors (Lipinski definition) is 1. The molecule has 0 saturated carbocycles. The summed E-state index contributed by atoms with van der Waals surface area (Å²) in [4.78, 5) is 0. The molecule has 0 saturated heterocycles. The minimum atomic E-state index is 0.289. The molecule has 1 atom stereocenters. The molecule has 0 aromatic rings. The van der Waals surface area contributed by atoms with E-state index in [4.69, 9.17) is 15.2 Å². The van der Waals surface area contributed by atoms with E-state index >= 15 is 0 Å². The van der Waals surface area contributed by atoms with Crippen LogP contribution in [0.15, 0.2) is 0 Å². The van der Waals surface area contributed by atoms with Gasteiger partial charge in [0.1, 0.15) is 0 Å². The van der Waals surface area contributed by atoms with E-state index in [0.717, 1.165) is 26.1 Å². The summed E-state index contributed by atoms with van der Waals surface area (Å²) in [5, 5.41) is 0. The molecule has 0 amide bonds. The molecule has 0 aliphatic rings. The van der Waals surface area contributed by atoms with Gasteiger partial charge in [0.25, 0.3) is 0 Å².